The molecule has 0 aliphatic heterocycles. The molecule has 5 heteroatoms. The third-order valence-electron chi connectivity index (χ3n) is 2.98. The van der Waals surface area contributed by atoms with Gasteiger partial charge in [0.1, 0.15) is 12.0 Å². The lowest BCUT2D eigenvalue weighted by atomic mass is 10.2. The second kappa shape index (κ2) is 4.53. The molecule has 1 aromatic carbocycles. The summed E-state index contributed by atoms with van der Waals surface area (Å²) in [6, 6.07) is 9.28. The van der Waals surface area contributed by atoms with Crippen molar-refractivity contribution in [1.29, 1.82) is 0 Å². The second-order valence-electron chi connectivity index (χ2n) is 4.23. The van der Waals surface area contributed by atoms with Crippen LogP contribution in [0.15, 0.2) is 49.1 Å². The van der Waals surface area contributed by atoms with Crippen LogP contribution in [0.3, 0.4) is 0 Å². The second-order valence-corrected chi connectivity index (χ2v) is 4.23. The molecule has 2 heterocycles. The molecular formula is C14H11N3O2. The summed E-state index contributed by atoms with van der Waals surface area (Å²) in [6.07, 6.45) is 4.83. The summed E-state index contributed by atoms with van der Waals surface area (Å²) in [5.74, 6) is -0.937. The van der Waals surface area contributed by atoms with Gasteiger partial charge in [-0.3, -0.25) is 0 Å². The molecule has 3 aromatic rings. The molecule has 0 amide bonds. The fraction of sp³-hybridized carbons (Fsp3) is 0.0714. The number of rotatable bonds is 3. The molecule has 0 unspecified atom stereocenters. The quantitative estimate of drug-likeness (QED) is 0.776. The molecule has 1 N–H and O–H groups in total. The number of para-hydroxylation sites is 1. The van der Waals surface area contributed by atoms with Crippen molar-refractivity contribution >= 4 is 16.9 Å². The van der Waals surface area contributed by atoms with E-state index in [-0.39, 0.29) is 5.69 Å². The Labute approximate surface area is 109 Å². The number of hydrogen-bond donors (Lipinski definition) is 1. The predicted molar refractivity (Wildman–Crippen MR) is 70.0 cm³/mol. The lowest BCUT2D eigenvalue weighted by molar-refractivity contribution is 0.0686. The van der Waals surface area contributed by atoms with Crippen molar-refractivity contribution in [1.82, 2.24) is 14.5 Å². The van der Waals surface area contributed by atoms with Gasteiger partial charge >= 0.3 is 5.97 Å². The van der Waals surface area contributed by atoms with Crippen LogP contribution in [0.5, 0.6) is 0 Å². The van der Waals surface area contributed by atoms with Crippen LogP contribution >= 0.6 is 0 Å². The van der Waals surface area contributed by atoms with Crippen LogP contribution in [0.2, 0.25) is 0 Å². The Morgan fingerprint density at radius 1 is 1.21 bits per heavy atom. The van der Waals surface area contributed by atoms with Gasteiger partial charge in [-0.1, -0.05) is 18.2 Å². The molecule has 0 fully saturated rings. The highest BCUT2D eigenvalue weighted by atomic mass is 16.4. The standard InChI is InChI=1S/C14H11N3O2/c18-14(19)13-5-11-3-1-2-4-12(11)17(13)8-10-6-15-9-16-7-10/h1-7,9H,8H2,(H,18,19). The number of aromatic carboxylic acids is 1. The van der Waals surface area contributed by atoms with Crippen LogP contribution < -0.4 is 0 Å². The maximum Gasteiger partial charge on any atom is 0.352 e. The van der Waals surface area contributed by atoms with Gasteiger partial charge in [-0.05, 0) is 12.1 Å². The van der Waals surface area contributed by atoms with Gasteiger partial charge in [0.2, 0.25) is 0 Å². The SMILES string of the molecule is O=C(O)c1cc2ccccc2n1Cc1cncnc1. The van der Waals surface area contributed by atoms with Crippen molar-refractivity contribution in [2.24, 2.45) is 0 Å². The van der Waals surface area contributed by atoms with Gasteiger partial charge < -0.3 is 9.67 Å². The fourth-order valence-corrected chi connectivity index (χ4v) is 2.15. The molecule has 0 aliphatic rings. The summed E-state index contributed by atoms with van der Waals surface area (Å²) in [5, 5.41) is 10.2. The molecule has 0 spiro atoms. The lowest BCUT2D eigenvalue weighted by Crippen LogP contribution is -2.09. The Kier molecular flexibility index (Phi) is 2.72. The molecule has 94 valence electrons. The monoisotopic (exact) mass is 253 g/mol. The highest BCUT2D eigenvalue weighted by Gasteiger charge is 2.14. The summed E-state index contributed by atoms with van der Waals surface area (Å²) in [6.45, 7) is 0.440. The van der Waals surface area contributed by atoms with Crippen LogP contribution in [-0.4, -0.2) is 25.6 Å². The van der Waals surface area contributed by atoms with E-state index in [1.165, 1.54) is 6.33 Å². The first-order valence-corrected chi connectivity index (χ1v) is 5.81. The zero-order chi connectivity index (χ0) is 13.2. The Balaban J connectivity index is 2.15. The number of carboxylic acids is 1. The van der Waals surface area contributed by atoms with Gasteiger partial charge in [0.15, 0.2) is 0 Å². The number of hydrogen-bond acceptors (Lipinski definition) is 3. The molecule has 19 heavy (non-hydrogen) atoms. The number of nitrogens with zero attached hydrogens (tertiary/aromatic N) is 3. The van der Waals surface area contributed by atoms with Gasteiger partial charge in [0.25, 0.3) is 0 Å². The van der Waals surface area contributed by atoms with Crippen molar-refractivity contribution < 1.29 is 9.90 Å². The molecule has 0 saturated heterocycles. The van der Waals surface area contributed by atoms with Crippen molar-refractivity contribution in [3.8, 4) is 0 Å². The maximum atomic E-state index is 11.3. The number of carbonyl (C=O) groups is 1. The molecule has 0 aliphatic carbocycles. The third-order valence-corrected chi connectivity index (χ3v) is 2.98. The Bertz CT molecular complexity index is 735. The van der Waals surface area contributed by atoms with E-state index in [1.54, 1.807) is 23.0 Å². The van der Waals surface area contributed by atoms with E-state index < -0.39 is 5.97 Å². The average molecular weight is 253 g/mol. The van der Waals surface area contributed by atoms with Gasteiger partial charge in [0.05, 0.1) is 6.54 Å². The van der Waals surface area contributed by atoms with E-state index in [2.05, 4.69) is 9.97 Å². The first-order chi connectivity index (χ1) is 9.25. The van der Waals surface area contributed by atoms with Crippen molar-refractivity contribution in [3.63, 3.8) is 0 Å². The van der Waals surface area contributed by atoms with Crippen molar-refractivity contribution in [2.45, 2.75) is 6.54 Å². The Morgan fingerprint density at radius 3 is 2.68 bits per heavy atom. The summed E-state index contributed by atoms with van der Waals surface area (Å²) < 4.78 is 1.76. The maximum absolute atomic E-state index is 11.3. The van der Waals surface area contributed by atoms with Crippen LogP contribution in [0.25, 0.3) is 10.9 Å². The predicted octanol–water partition coefficient (Wildman–Crippen LogP) is 2.18. The number of fused-ring (bicyclic) bond motifs is 1. The molecule has 0 bridgehead atoms. The van der Waals surface area contributed by atoms with Gasteiger partial charge in [0, 0.05) is 28.9 Å². The fourth-order valence-electron chi connectivity index (χ4n) is 2.15. The Hall–Kier alpha value is -2.69. The van der Waals surface area contributed by atoms with Crippen LogP contribution in [0.1, 0.15) is 16.1 Å². The van der Waals surface area contributed by atoms with Crippen LogP contribution in [0, 0.1) is 0 Å². The highest BCUT2D eigenvalue weighted by molar-refractivity contribution is 5.94. The van der Waals surface area contributed by atoms with E-state index in [0.29, 0.717) is 6.54 Å². The van der Waals surface area contributed by atoms with Crippen LogP contribution in [0.4, 0.5) is 0 Å². The minimum atomic E-state index is -0.937. The van der Waals surface area contributed by atoms with E-state index in [0.717, 1.165) is 16.5 Å². The largest absolute Gasteiger partial charge is 0.477 e. The third kappa shape index (κ3) is 2.06. The van der Waals surface area contributed by atoms with Gasteiger partial charge in [-0.25, -0.2) is 14.8 Å². The first kappa shape index (κ1) is 11.4. The van der Waals surface area contributed by atoms with Gasteiger partial charge in [-0.15, -0.1) is 0 Å². The summed E-state index contributed by atoms with van der Waals surface area (Å²) in [4.78, 5) is 19.2. The molecular weight excluding hydrogens is 242 g/mol. The molecule has 0 atom stereocenters. The van der Waals surface area contributed by atoms with E-state index in [4.69, 9.17) is 0 Å². The topological polar surface area (TPSA) is 68.0 Å². The Morgan fingerprint density at radius 2 is 1.95 bits per heavy atom. The molecule has 0 saturated carbocycles. The van der Waals surface area contributed by atoms with Gasteiger partial charge in [-0.2, -0.15) is 0 Å². The molecule has 2 aromatic heterocycles. The number of carboxylic acid groups (broad SMARTS) is 1. The number of benzene rings is 1. The smallest absolute Gasteiger partial charge is 0.352 e. The number of aromatic nitrogens is 3. The average Bonchev–Trinajstić information content (AvgIpc) is 2.79. The molecule has 5 nitrogen and oxygen atoms in total. The summed E-state index contributed by atoms with van der Waals surface area (Å²) in [7, 11) is 0. The van der Waals surface area contributed by atoms with Crippen molar-refractivity contribution in [3.05, 3.63) is 60.3 Å². The van der Waals surface area contributed by atoms with Crippen LogP contribution in [-0.2, 0) is 6.54 Å². The van der Waals surface area contributed by atoms with Crippen molar-refractivity contribution in [2.75, 3.05) is 0 Å². The van der Waals surface area contributed by atoms with E-state index in [1.807, 2.05) is 24.3 Å². The van der Waals surface area contributed by atoms with E-state index in [9.17, 15) is 9.90 Å². The normalized spacial score (nSPS) is 10.7. The summed E-state index contributed by atoms with van der Waals surface area (Å²) >= 11 is 0. The highest BCUT2D eigenvalue weighted by Crippen LogP contribution is 2.21. The minimum Gasteiger partial charge on any atom is -0.477 e. The lowest BCUT2D eigenvalue weighted by Gasteiger charge is -2.07. The minimum absolute atomic E-state index is 0.269. The molecule has 3 rings (SSSR count). The zero-order valence-electron chi connectivity index (χ0n) is 10.0. The van der Waals surface area contributed by atoms with E-state index >= 15 is 0 Å². The molecule has 0 radical (unpaired) electrons. The first-order valence-electron chi connectivity index (χ1n) is 5.81. The summed E-state index contributed by atoms with van der Waals surface area (Å²) in [5.41, 5.74) is 2.03. The zero-order valence-corrected chi connectivity index (χ0v) is 10.0.